The molecular formula is C23H23ClN2O2. The van der Waals surface area contributed by atoms with E-state index in [1.807, 2.05) is 29.7 Å². The highest BCUT2D eigenvalue weighted by Gasteiger charge is 2.12. The fraction of sp³-hybridized carbons (Fsp3) is 0.304. The Morgan fingerprint density at radius 1 is 1.21 bits per heavy atom. The number of aromatic nitrogens is 2. The maximum atomic E-state index is 11.3. The third-order valence-corrected chi connectivity index (χ3v) is 5.06. The van der Waals surface area contributed by atoms with Gasteiger partial charge in [0.05, 0.1) is 23.1 Å². The first-order valence-electron chi connectivity index (χ1n) is 9.47. The zero-order chi connectivity index (χ0) is 20.1. The van der Waals surface area contributed by atoms with Gasteiger partial charge in [0.2, 0.25) is 0 Å². The predicted molar refractivity (Wildman–Crippen MR) is 113 cm³/mol. The summed E-state index contributed by atoms with van der Waals surface area (Å²) in [6.45, 7) is 4.61. The van der Waals surface area contributed by atoms with Gasteiger partial charge in [-0.15, -0.1) is 0 Å². The molecule has 3 rings (SSSR count). The van der Waals surface area contributed by atoms with E-state index in [2.05, 4.69) is 23.7 Å². The summed E-state index contributed by atoms with van der Waals surface area (Å²) in [5, 5.41) is 9.91. The van der Waals surface area contributed by atoms with Gasteiger partial charge in [-0.3, -0.25) is 0 Å². The van der Waals surface area contributed by atoms with Crippen LogP contribution in [-0.4, -0.2) is 20.6 Å². The SMILES string of the molecule is CCCCCC#Cc1ccc(Cn2c(C)nc3ccc(C(=O)O)cc32)c(Cl)c1. The van der Waals surface area contributed by atoms with Crippen LogP contribution < -0.4 is 0 Å². The largest absolute Gasteiger partial charge is 0.478 e. The van der Waals surface area contributed by atoms with Crippen LogP contribution in [0.15, 0.2) is 36.4 Å². The van der Waals surface area contributed by atoms with E-state index in [9.17, 15) is 9.90 Å². The Morgan fingerprint density at radius 3 is 2.75 bits per heavy atom. The first-order chi connectivity index (χ1) is 13.5. The Labute approximate surface area is 170 Å². The van der Waals surface area contributed by atoms with E-state index < -0.39 is 5.97 Å². The molecule has 1 heterocycles. The van der Waals surface area contributed by atoms with Crippen molar-refractivity contribution in [1.82, 2.24) is 9.55 Å². The van der Waals surface area contributed by atoms with Crippen molar-refractivity contribution in [3.63, 3.8) is 0 Å². The molecule has 0 unspecified atom stereocenters. The number of imidazole rings is 1. The number of benzene rings is 2. The number of halogens is 1. The summed E-state index contributed by atoms with van der Waals surface area (Å²) in [6, 6.07) is 10.8. The number of fused-ring (bicyclic) bond motifs is 1. The van der Waals surface area contributed by atoms with Crippen molar-refractivity contribution in [1.29, 1.82) is 0 Å². The van der Waals surface area contributed by atoms with Gasteiger partial charge in [-0.1, -0.05) is 49.3 Å². The van der Waals surface area contributed by atoms with Crippen molar-refractivity contribution in [2.75, 3.05) is 0 Å². The minimum absolute atomic E-state index is 0.244. The molecule has 2 aromatic carbocycles. The minimum Gasteiger partial charge on any atom is -0.478 e. The molecule has 0 spiro atoms. The maximum absolute atomic E-state index is 11.3. The molecule has 0 radical (unpaired) electrons. The van der Waals surface area contributed by atoms with Crippen LogP contribution in [0.2, 0.25) is 5.02 Å². The molecule has 3 aromatic rings. The fourth-order valence-corrected chi connectivity index (χ4v) is 3.37. The molecular weight excluding hydrogens is 372 g/mol. The second-order valence-corrected chi connectivity index (χ2v) is 7.23. The van der Waals surface area contributed by atoms with Gasteiger partial charge in [0, 0.05) is 17.0 Å². The lowest BCUT2D eigenvalue weighted by atomic mass is 10.1. The van der Waals surface area contributed by atoms with E-state index in [1.54, 1.807) is 18.2 Å². The number of aryl methyl sites for hydroxylation is 1. The summed E-state index contributed by atoms with van der Waals surface area (Å²) in [7, 11) is 0. The van der Waals surface area contributed by atoms with Crippen LogP contribution in [0.3, 0.4) is 0 Å². The van der Waals surface area contributed by atoms with Crippen LogP contribution in [0.25, 0.3) is 11.0 Å². The predicted octanol–water partition coefficient (Wildman–Crippen LogP) is 5.68. The Kier molecular flexibility index (Phi) is 6.38. The lowest BCUT2D eigenvalue weighted by Crippen LogP contribution is -2.04. The molecule has 0 aliphatic carbocycles. The number of rotatable bonds is 6. The number of carboxylic acid groups (broad SMARTS) is 1. The maximum Gasteiger partial charge on any atom is 0.335 e. The summed E-state index contributed by atoms with van der Waals surface area (Å²) in [6.07, 6.45) is 4.43. The highest BCUT2D eigenvalue weighted by Crippen LogP contribution is 2.23. The molecule has 0 amide bonds. The van der Waals surface area contributed by atoms with E-state index in [0.717, 1.165) is 40.8 Å². The first kappa shape index (κ1) is 20.0. The molecule has 0 bridgehead atoms. The van der Waals surface area contributed by atoms with Gasteiger partial charge in [0.15, 0.2) is 0 Å². The van der Waals surface area contributed by atoms with Crippen LogP contribution in [0, 0.1) is 18.8 Å². The number of unbranched alkanes of at least 4 members (excludes halogenated alkanes) is 3. The second kappa shape index (κ2) is 8.95. The van der Waals surface area contributed by atoms with Crippen LogP contribution in [0.5, 0.6) is 0 Å². The Hall–Kier alpha value is -2.77. The molecule has 0 fully saturated rings. The molecule has 1 N–H and O–H groups in total. The van der Waals surface area contributed by atoms with E-state index in [0.29, 0.717) is 11.6 Å². The molecule has 144 valence electrons. The van der Waals surface area contributed by atoms with Crippen molar-refractivity contribution in [2.45, 2.75) is 46.1 Å². The lowest BCUT2D eigenvalue weighted by Gasteiger charge is -2.09. The van der Waals surface area contributed by atoms with E-state index in [1.165, 1.54) is 12.8 Å². The van der Waals surface area contributed by atoms with Crippen LogP contribution >= 0.6 is 11.6 Å². The van der Waals surface area contributed by atoms with Crippen LogP contribution in [-0.2, 0) is 6.54 Å². The standard InChI is InChI=1S/C23H23ClN2O2/c1-3-4-5-6-7-8-17-9-10-19(20(24)13-17)15-26-16(2)25-21-12-11-18(23(27)28)14-22(21)26/h9-14H,3-6,15H2,1-2H3,(H,27,28). The highest BCUT2D eigenvalue weighted by atomic mass is 35.5. The molecule has 0 aliphatic heterocycles. The second-order valence-electron chi connectivity index (χ2n) is 6.82. The summed E-state index contributed by atoms with van der Waals surface area (Å²) < 4.78 is 1.99. The number of carboxylic acids is 1. The smallest absolute Gasteiger partial charge is 0.335 e. The molecule has 0 atom stereocenters. The average molecular weight is 395 g/mol. The van der Waals surface area contributed by atoms with Gasteiger partial charge >= 0.3 is 5.97 Å². The molecule has 1 aromatic heterocycles. The normalized spacial score (nSPS) is 10.7. The summed E-state index contributed by atoms with van der Waals surface area (Å²) in [4.78, 5) is 15.8. The van der Waals surface area contributed by atoms with Gasteiger partial charge in [0.1, 0.15) is 5.82 Å². The molecule has 0 saturated heterocycles. The van der Waals surface area contributed by atoms with E-state index in [4.69, 9.17) is 11.6 Å². The number of aromatic carboxylic acids is 1. The van der Waals surface area contributed by atoms with E-state index >= 15 is 0 Å². The lowest BCUT2D eigenvalue weighted by molar-refractivity contribution is 0.0697. The van der Waals surface area contributed by atoms with Crippen molar-refractivity contribution in [2.24, 2.45) is 0 Å². The Bertz CT molecular complexity index is 1070. The summed E-state index contributed by atoms with van der Waals surface area (Å²) >= 11 is 6.50. The van der Waals surface area contributed by atoms with Gasteiger partial charge in [-0.2, -0.15) is 0 Å². The molecule has 4 nitrogen and oxygen atoms in total. The average Bonchev–Trinajstić information content (AvgIpc) is 2.98. The third kappa shape index (κ3) is 4.55. The van der Waals surface area contributed by atoms with Crippen molar-refractivity contribution >= 4 is 28.6 Å². The summed E-state index contributed by atoms with van der Waals surface area (Å²) in [5.74, 6) is 6.23. The quantitative estimate of drug-likeness (QED) is 0.432. The Morgan fingerprint density at radius 2 is 2.04 bits per heavy atom. The van der Waals surface area contributed by atoms with Gasteiger partial charge < -0.3 is 9.67 Å². The van der Waals surface area contributed by atoms with Crippen LogP contribution in [0.4, 0.5) is 0 Å². The van der Waals surface area contributed by atoms with Gasteiger partial charge in [-0.25, -0.2) is 9.78 Å². The van der Waals surface area contributed by atoms with Crippen molar-refractivity contribution in [3.8, 4) is 11.8 Å². The number of nitrogens with zero attached hydrogens (tertiary/aromatic N) is 2. The third-order valence-electron chi connectivity index (χ3n) is 4.71. The number of hydrogen-bond donors (Lipinski definition) is 1. The first-order valence-corrected chi connectivity index (χ1v) is 9.85. The summed E-state index contributed by atoms with van der Waals surface area (Å²) in [5.41, 5.74) is 3.65. The van der Waals surface area contributed by atoms with Crippen LogP contribution in [0.1, 0.15) is 59.9 Å². The molecule has 0 aliphatic rings. The monoisotopic (exact) mass is 394 g/mol. The Balaban J connectivity index is 1.84. The molecule has 5 heteroatoms. The zero-order valence-corrected chi connectivity index (χ0v) is 16.9. The number of carbonyl (C=O) groups is 1. The van der Waals surface area contributed by atoms with Gasteiger partial charge in [0.25, 0.3) is 0 Å². The number of hydrogen-bond acceptors (Lipinski definition) is 2. The van der Waals surface area contributed by atoms with Gasteiger partial charge in [-0.05, 0) is 49.2 Å². The van der Waals surface area contributed by atoms with Crippen molar-refractivity contribution in [3.05, 3.63) is 63.9 Å². The minimum atomic E-state index is -0.952. The highest BCUT2D eigenvalue weighted by molar-refractivity contribution is 6.31. The molecule has 0 saturated carbocycles. The van der Waals surface area contributed by atoms with Crippen molar-refractivity contribution < 1.29 is 9.90 Å². The van der Waals surface area contributed by atoms with E-state index in [-0.39, 0.29) is 5.56 Å². The topological polar surface area (TPSA) is 55.1 Å². The fourth-order valence-electron chi connectivity index (χ4n) is 3.13. The molecule has 28 heavy (non-hydrogen) atoms. The zero-order valence-electron chi connectivity index (χ0n) is 16.1.